The van der Waals surface area contributed by atoms with Gasteiger partial charge in [0.05, 0.1) is 11.1 Å². The van der Waals surface area contributed by atoms with E-state index in [1.54, 1.807) is 11.8 Å². The summed E-state index contributed by atoms with van der Waals surface area (Å²) in [5, 5.41) is 12.5. The number of H-pyrrole nitrogens is 1. The molecule has 1 heterocycles. The van der Waals surface area contributed by atoms with Gasteiger partial charge >= 0.3 is 0 Å². The summed E-state index contributed by atoms with van der Waals surface area (Å²) in [6.45, 7) is 0. The fourth-order valence-electron chi connectivity index (χ4n) is 3.01. The van der Waals surface area contributed by atoms with Crippen LogP contribution in [0.15, 0.2) is 35.4 Å². The molecular weight excluding hydrogens is 254 g/mol. The van der Waals surface area contributed by atoms with E-state index in [1.807, 2.05) is 6.07 Å². The molecule has 3 rings (SSSR count). The highest BCUT2D eigenvalue weighted by atomic mass is 32.2. The molecule has 2 nitrogen and oxygen atoms in total. The summed E-state index contributed by atoms with van der Waals surface area (Å²) in [4.78, 5) is 3.40. The quantitative estimate of drug-likeness (QED) is 0.802. The molecule has 1 saturated carbocycles. The summed E-state index contributed by atoms with van der Waals surface area (Å²) >= 11 is 1.73. The number of fused-ring (bicyclic) bond motifs is 1. The Labute approximate surface area is 118 Å². The van der Waals surface area contributed by atoms with Crippen LogP contribution < -0.4 is 0 Å². The maximum absolute atomic E-state index is 10.1. The van der Waals surface area contributed by atoms with Gasteiger partial charge < -0.3 is 10.1 Å². The maximum atomic E-state index is 10.1. The van der Waals surface area contributed by atoms with Gasteiger partial charge in [0.15, 0.2) is 0 Å². The van der Waals surface area contributed by atoms with E-state index in [0.717, 1.165) is 23.1 Å². The molecular formula is C16H21NOS. The number of hydrogen-bond donors (Lipinski definition) is 2. The third kappa shape index (κ3) is 3.34. The minimum atomic E-state index is -0.167. The topological polar surface area (TPSA) is 36.0 Å². The first-order chi connectivity index (χ1) is 9.31. The number of thioether (sulfide) groups is 1. The van der Waals surface area contributed by atoms with Crippen molar-refractivity contribution in [3.63, 3.8) is 0 Å². The largest absolute Gasteiger partial charge is 0.392 e. The number of hydrogen-bond acceptors (Lipinski definition) is 2. The Hall–Kier alpha value is -0.930. The predicted octanol–water partition coefficient (Wildman–Crippen LogP) is 4.20. The minimum absolute atomic E-state index is 0.167. The highest BCUT2D eigenvalue weighted by Crippen LogP contribution is 2.30. The van der Waals surface area contributed by atoms with Crippen LogP contribution in [0, 0.1) is 5.92 Å². The van der Waals surface area contributed by atoms with Crippen molar-refractivity contribution in [3.05, 3.63) is 30.3 Å². The van der Waals surface area contributed by atoms with Crippen molar-refractivity contribution < 1.29 is 5.11 Å². The van der Waals surface area contributed by atoms with Crippen molar-refractivity contribution >= 4 is 22.7 Å². The number of aliphatic hydroxyl groups is 1. The van der Waals surface area contributed by atoms with E-state index in [0.29, 0.717) is 0 Å². The molecule has 0 aliphatic heterocycles. The lowest BCUT2D eigenvalue weighted by atomic mass is 10.0. The molecule has 102 valence electrons. The first-order valence-electron chi connectivity index (χ1n) is 7.20. The second kappa shape index (κ2) is 6.02. The van der Waals surface area contributed by atoms with E-state index in [9.17, 15) is 5.11 Å². The van der Waals surface area contributed by atoms with Crippen LogP contribution in [-0.2, 0) is 0 Å². The molecule has 0 radical (unpaired) electrons. The van der Waals surface area contributed by atoms with Crippen molar-refractivity contribution in [3.8, 4) is 0 Å². The number of rotatable bonds is 5. The van der Waals surface area contributed by atoms with E-state index in [2.05, 4.69) is 29.2 Å². The summed E-state index contributed by atoms with van der Waals surface area (Å²) in [7, 11) is 0. The van der Waals surface area contributed by atoms with Gasteiger partial charge in [-0.1, -0.05) is 43.9 Å². The fraction of sp³-hybridized carbons (Fsp3) is 0.500. The van der Waals surface area contributed by atoms with E-state index in [1.165, 1.54) is 36.6 Å². The van der Waals surface area contributed by atoms with Crippen molar-refractivity contribution in [2.24, 2.45) is 5.92 Å². The minimum Gasteiger partial charge on any atom is -0.392 e. The fourth-order valence-corrected chi connectivity index (χ4v) is 3.91. The predicted molar refractivity (Wildman–Crippen MR) is 81.6 cm³/mol. The Balaban J connectivity index is 1.53. The van der Waals surface area contributed by atoms with E-state index in [-0.39, 0.29) is 6.10 Å². The second-order valence-electron chi connectivity index (χ2n) is 5.57. The number of aromatic amines is 1. The van der Waals surface area contributed by atoms with Gasteiger partial charge in [-0.2, -0.15) is 0 Å². The third-order valence-electron chi connectivity index (χ3n) is 4.02. The van der Waals surface area contributed by atoms with Crippen molar-refractivity contribution in [2.45, 2.75) is 43.2 Å². The summed E-state index contributed by atoms with van der Waals surface area (Å²) < 4.78 is 0. The first kappa shape index (κ1) is 13.1. The lowest BCUT2D eigenvalue weighted by molar-refractivity contribution is 0.165. The SMILES string of the molecule is OC(CSc1cc2ccccc2[nH]1)CC1CCCC1. The Morgan fingerprint density at radius 2 is 2.05 bits per heavy atom. The zero-order chi connectivity index (χ0) is 13.1. The Morgan fingerprint density at radius 3 is 2.84 bits per heavy atom. The third-order valence-corrected chi connectivity index (χ3v) is 5.10. The molecule has 19 heavy (non-hydrogen) atoms. The standard InChI is InChI=1S/C16H21NOS/c18-14(9-12-5-1-2-6-12)11-19-16-10-13-7-3-4-8-15(13)17-16/h3-4,7-8,10,12,14,17-18H,1-2,5-6,9,11H2. The Kier molecular flexibility index (Phi) is 4.14. The van der Waals surface area contributed by atoms with Gasteiger partial charge in [0.1, 0.15) is 0 Å². The van der Waals surface area contributed by atoms with Crippen LogP contribution in [-0.4, -0.2) is 21.9 Å². The van der Waals surface area contributed by atoms with Gasteiger partial charge in [0.25, 0.3) is 0 Å². The van der Waals surface area contributed by atoms with Crippen LogP contribution in [0.3, 0.4) is 0 Å². The summed E-state index contributed by atoms with van der Waals surface area (Å²) in [6, 6.07) is 10.5. The van der Waals surface area contributed by atoms with Crippen LogP contribution in [0.2, 0.25) is 0 Å². The summed E-state index contributed by atoms with van der Waals surface area (Å²) in [5.74, 6) is 1.56. The number of aromatic nitrogens is 1. The van der Waals surface area contributed by atoms with Crippen LogP contribution in [0.25, 0.3) is 10.9 Å². The zero-order valence-corrected chi connectivity index (χ0v) is 12.0. The molecule has 0 amide bonds. The molecule has 0 saturated heterocycles. The van der Waals surface area contributed by atoms with Gasteiger partial charge in [-0.05, 0) is 24.5 Å². The molecule has 1 aliphatic carbocycles. The summed E-state index contributed by atoms with van der Waals surface area (Å²) in [5.41, 5.74) is 1.18. The first-order valence-corrected chi connectivity index (χ1v) is 8.18. The van der Waals surface area contributed by atoms with Gasteiger partial charge in [-0.25, -0.2) is 0 Å². The van der Waals surface area contributed by atoms with Crippen LogP contribution in [0.1, 0.15) is 32.1 Å². The van der Waals surface area contributed by atoms with Crippen molar-refractivity contribution in [2.75, 3.05) is 5.75 Å². The molecule has 2 aromatic rings. The lowest BCUT2D eigenvalue weighted by Gasteiger charge is -2.14. The monoisotopic (exact) mass is 275 g/mol. The highest BCUT2D eigenvalue weighted by molar-refractivity contribution is 7.99. The van der Waals surface area contributed by atoms with E-state index in [4.69, 9.17) is 0 Å². The molecule has 1 aromatic carbocycles. The van der Waals surface area contributed by atoms with Crippen LogP contribution in [0.4, 0.5) is 0 Å². The highest BCUT2D eigenvalue weighted by Gasteiger charge is 2.19. The Bertz CT molecular complexity index is 497. The lowest BCUT2D eigenvalue weighted by Crippen LogP contribution is -2.14. The Morgan fingerprint density at radius 1 is 1.26 bits per heavy atom. The zero-order valence-electron chi connectivity index (χ0n) is 11.1. The van der Waals surface area contributed by atoms with Crippen LogP contribution in [0.5, 0.6) is 0 Å². The smallest absolute Gasteiger partial charge is 0.0733 e. The normalized spacial score (nSPS) is 18.2. The van der Waals surface area contributed by atoms with Gasteiger partial charge in [0.2, 0.25) is 0 Å². The average Bonchev–Trinajstić information content (AvgIpc) is 3.04. The number of aliphatic hydroxyl groups excluding tert-OH is 1. The van der Waals surface area contributed by atoms with E-state index >= 15 is 0 Å². The molecule has 0 bridgehead atoms. The molecule has 1 aromatic heterocycles. The second-order valence-corrected chi connectivity index (χ2v) is 6.63. The molecule has 1 unspecified atom stereocenters. The number of benzene rings is 1. The number of nitrogens with one attached hydrogen (secondary N) is 1. The maximum Gasteiger partial charge on any atom is 0.0733 e. The molecule has 1 atom stereocenters. The van der Waals surface area contributed by atoms with E-state index < -0.39 is 0 Å². The molecule has 1 fully saturated rings. The average molecular weight is 275 g/mol. The van der Waals surface area contributed by atoms with Gasteiger partial charge in [-0.3, -0.25) is 0 Å². The molecule has 3 heteroatoms. The van der Waals surface area contributed by atoms with Crippen molar-refractivity contribution in [1.82, 2.24) is 4.98 Å². The van der Waals surface area contributed by atoms with Gasteiger partial charge in [-0.15, -0.1) is 11.8 Å². The van der Waals surface area contributed by atoms with Gasteiger partial charge in [0, 0.05) is 16.7 Å². The summed E-state index contributed by atoms with van der Waals surface area (Å²) in [6.07, 6.45) is 6.15. The molecule has 2 N–H and O–H groups in total. The van der Waals surface area contributed by atoms with Crippen LogP contribution >= 0.6 is 11.8 Å². The molecule has 1 aliphatic rings. The van der Waals surface area contributed by atoms with Crippen molar-refractivity contribution in [1.29, 1.82) is 0 Å². The number of para-hydroxylation sites is 1. The molecule has 0 spiro atoms.